The summed E-state index contributed by atoms with van der Waals surface area (Å²) in [5, 5.41) is 25.4. The molecule has 4 rings (SSSR count). The van der Waals surface area contributed by atoms with Crippen LogP contribution in [0.15, 0.2) is 72.8 Å². The highest BCUT2D eigenvalue weighted by Crippen LogP contribution is 2.38. The predicted octanol–water partition coefficient (Wildman–Crippen LogP) is 6.23. The number of carboxylic acid groups (broad SMARTS) is 1. The van der Waals surface area contributed by atoms with E-state index in [2.05, 4.69) is 10.2 Å². The lowest BCUT2D eigenvalue weighted by molar-refractivity contribution is -0.125. The van der Waals surface area contributed by atoms with Gasteiger partial charge in [-0.1, -0.05) is 48.9 Å². The van der Waals surface area contributed by atoms with Crippen LogP contribution in [0, 0.1) is 11.8 Å². The number of H-pyrrole nitrogens is 1. The number of ether oxygens (including phenoxy) is 1. The van der Waals surface area contributed by atoms with Crippen LogP contribution < -0.4 is 4.74 Å². The number of aromatic nitrogens is 2. The first-order valence-corrected chi connectivity index (χ1v) is 14.6. The van der Waals surface area contributed by atoms with Crippen LogP contribution in [-0.2, 0) is 4.79 Å². The van der Waals surface area contributed by atoms with E-state index < -0.39 is 17.9 Å². The van der Waals surface area contributed by atoms with Crippen LogP contribution in [0.2, 0.25) is 5.02 Å². The normalized spacial score (nSPS) is 12.0. The van der Waals surface area contributed by atoms with Crippen molar-refractivity contribution < 1.29 is 33.3 Å². The summed E-state index contributed by atoms with van der Waals surface area (Å²) in [5.74, 6) is -0.865. The number of fused-ring (bicyclic) bond motifs is 1. The molecule has 0 spiro atoms. The number of aliphatic hydroxyl groups excluding tert-OH is 1. The van der Waals surface area contributed by atoms with Crippen molar-refractivity contribution >= 4 is 45.7 Å². The predicted molar refractivity (Wildman–Crippen MR) is 169 cm³/mol. The standard InChI is InChI=1S/C33H33ClF2N4O5/c1-3-25(26-12-9-23(35)20-28(26)34)31(22-8-13-29-27(19-22)32(36)38-37-29)21-6-10-24(11-7-21)45-18-16-40(33(43)44)14-4-5-30(42)39(2)15-17-41/h4-13,19-20,41H,3,14-18H2,1-2H3,(H,37,38)(H,43,44)/b5-4+,31-25+. The fourth-order valence-electron chi connectivity index (χ4n) is 4.81. The number of aromatic amines is 1. The second-order valence-electron chi connectivity index (χ2n) is 10.1. The van der Waals surface area contributed by atoms with Crippen LogP contribution in [0.25, 0.3) is 22.0 Å². The first-order valence-electron chi connectivity index (χ1n) is 14.2. The largest absolute Gasteiger partial charge is 0.492 e. The van der Waals surface area contributed by atoms with Gasteiger partial charge in [0, 0.05) is 26.2 Å². The Labute approximate surface area is 264 Å². The number of likely N-dealkylation sites (N-methyl/N-ethyl adjacent to an activating group) is 1. The molecule has 1 heterocycles. The number of hydrogen-bond acceptors (Lipinski definition) is 5. The lowest BCUT2D eigenvalue weighted by Gasteiger charge is -2.19. The van der Waals surface area contributed by atoms with Gasteiger partial charge in [-0.15, -0.1) is 0 Å². The van der Waals surface area contributed by atoms with Crippen LogP contribution in [0.4, 0.5) is 13.6 Å². The molecule has 2 amide bonds. The third kappa shape index (κ3) is 8.25. The number of benzene rings is 3. The Balaban J connectivity index is 1.56. The molecule has 0 unspecified atom stereocenters. The summed E-state index contributed by atoms with van der Waals surface area (Å²) >= 11 is 6.48. The second-order valence-corrected chi connectivity index (χ2v) is 10.5. The van der Waals surface area contributed by atoms with E-state index in [1.807, 2.05) is 25.1 Å². The number of halogens is 3. The van der Waals surface area contributed by atoms with E-state index in [-0.39, 0.29) is 43.8 Å². The molecule has 3 N–H and O–H groups in total. The number of amides is 2. The monoisotopic (exact) mass is 638 g/mol. The summed E-state index contributed by atoms with van der Waals surface area (Å²) in [6.07, 6.45) is 2.08. The number of carbonyl (C=O) groups is 2. The second kappa shape index (κ2) is 15.3. The zero-order chi connectivity index (χ0) is 32.5. The number of aliphatic hydroxyl groups is 1. The Hall–Kier alpha value is -4.74. The lowest BCUT2D eigenvalue weighted by atomic mass is 9.87. The zero-order valence-electron chi connectivity index (χ0n) is 24.8. The van der Waals surface area contributed by atoms with Crippen molar-refractivity contribution in [1.29, 1.82) is 0 Å². The third-order valence-electron chi connectivity index (χ3n) is 7.15. The molecule has 1 aromatic heterocycles. The zero-order valence-corrected chi connectivity index (χ0v) is 25.5. The number of allylic oxidation sites excluding steroid dienone is 1. The van der Waals surface area contributed by atoms with E-state index in [4.69, 9.17) is 21.4 Å². The minimum Gasteiger partial charge on any atom is -0.492 e. The van der Waals surface area contributed by atoms with Crippen molar-refractivity contribution in [2.75, 3.05) is 39.9 Å². The van der Waals surface area contributed by atoms with Crippen molar-refractivity contribution in [2.24, 2.45) is 0 Å². The van der Waals surface area contributed by atoms with Crippen LogP contribution in [0.5, 0.6) is 5.75 Å². The van der Waals surface area contributed by atoms with Gasteiger partial charge < -0.3 is 24.7 Å². The smallest absolute Gasteiger partial charge is 0.407 e. The van der Waals surface area contributed by atoms with Gasteiger partial charge in [-0.05, 0) is 70.7 Å². The van der Waals surface area contributed by atoms with Crippen molar-refractivity contribution in [1.82, 2.24) is 20.0 Å². The minimum absolute atomic E-state index is 0.0160. The molecule has 4 aromatic rings. The Kier molecular flexibility index (Phi) is 11.3. The summed E-state index contributed by atoms with van der Waals surface area (Å²) in [5.41, 5.74) is 4.19. The van der Waals surface area contributed by atoms with E-state index in [9.17, 15) is 23.5 Å². The van der Waals surface area contributed by atoms with Crippen molar-refractivity contribution in [3.05, 3.63) is 106 Å². The summed E-state index contributed by atoms with van der Waals surface area (Å²) in [6, 6.07) is 16.6. The van der Waals surface area contributed by atoms with Gasteiger partial charge in [0.15, 0.2) is 0 Å². The van der Waals surface area contributed by atoms with Gasteiger partial charge in [-0.2, -0.15) is 9.49 Å². The molecular weight excluding hydrogens is 606 g/mol. The number of carbonyl (C=O) groups excluding carboxylic acids is 1. The maximum absolute atomic E-state index is 14.5. The molecule has 0 saturated heterocycles. The molecule has 0 saturated carbocycles. The van der Waals surface area contributed by atoms with Gasteiger partial charge >= 0.3 is 6.09 Å². The van der Waals surface area contributed by atoms with Gasteiger partial charge in [-0.3, -0.25) is 9.89 Å². The highest BCUT2D eigenvalue weighted by Gasteiger charge is 2.18. The first-order chi connectivity index (χ1) is 21.6. The Morgan fingerprint density at radius 1 is 1.04 bits per heavy atom. The van der Waals surface area contributed by atoms with Gasteiger partial charge in [0.25, 0.3) is 0 Å². The van der Waals surface area contributed by atoms with E-state index in [0.29, 0.717) is 34.2 Å². The van der Waals surface area contributed by atoms with Crippen molar-refractivity contribution in [3.63, 3.8) is 0 Å². The van der Waals surface area contributed by atoms with Crippen LogP contribution in [0.3, 0.4) is 0 Å². The number of rotatable bonds is 13. The molecule has 0 atom stereocenters. The highest BCUT2D eigenvalue weighted by molar-refractivity contribution is 6.32. The minimum atomic E-state index is -1.16. The Morgan fingerprint density at radius 3 is 2.44 bits per heavy atom. The van der Waals surface area contributed by atoms with Crippen molar-refractivity contribution in [2.45, 2.75) is 13.3 Å². The molecule has 9 nitrogen and oxygen atoms in total. The fraction of sp³-hybridized carbons (Fsp3) is 0.242. The van der Waals surface area contributed by atoms with E-state index in [0.717, 1.165) is 21.6 Å². The van der Waals surface area contributed by atoms with Crippen LogP contribution in [0.1, 0.15) is 30.0 Å². The average Bonchev–Trinajstić information content (AvgIpc) is 3.39. The van der Waals surface area contributed by atoms with Crippen molar-refractivity contribution in [3.8, 4) is 5.75 Å². The molecule has 45 heavy (non-hydrogen) atoms. The van der Waals surface area contributed by atoms with Crippen LogP contribution >= 0.6 is 11.6 Å². The molecule has 0 aliphatic heterocycles. The molecule has 236 valence electrons. The summed E-state index contributed by atoms with van der Waals surface area (Å²) in [7, 11) is 1.54. The van der Waals surface area contributed by atoms with Gasteiger partial charge in [-0.25, -0.2) is 9.18 Å². The van der Waals surface area contributed by atoms with E-state index >= 15 is 0 Å². The molecule has 0 radical (unpaired) electrons. The molecule has 12 heteroatoms. The topological polar surface area (TPSA) is 119 Å². The molecule has 0 fully saturated rings. The SMILES string of the molecule is CC/C(=C(/c1ccc(OCCN(C/C=C/C(=O)N(C)CCO)C(=O)O)cc1)c1ccc2n[nH]c(F)c2c1)c1ccc(F)cc1Cl. The summed E-state index contributed by atoms with van der Waals surface area (Å²) in [4.78, 5) is 26.1. The van der Waals surface area contributed by atoms with Gasteiger partial charge in [0.2, 0.25) is 11.9 Å². The van der Waals surface area contributed by atoms with Crippen LogP contribution in [-0.4, -0.2) is 82.1 Å². The Bertz CT molecular complexity index is 1720. The average molecular weight is 639 g/mol. The summed E-state index contributed by atoms with van der Waals surface area (Å²) in [6.45, 7) is 2.05. The molecule has 0 aliphatic carbocycles. The maximum Gasteiger partial charge on any atom is 0.407 e. The van der Waals surface area contributed by atoms with Gasteiger partial charge in [0.05, 0.1) is 29.1 Å². The highest BCUT2D eigenvalue weighted by atomic mass is 35.5. The molecule has 3 aromatic carbocycles. The molecular formula is C33H33ClF2N4O5. The Morgan fingerprint density at radius 2 is 1.78 bits per heavy atom. The first kappa shape index (κ1) is 33.2. The van der Waals surface area contributed by atoms with Gasteiger partial charge in [0.1, 0.15) is 18.2 Å². The number of nitrogens with zero attached hydrogens (tertiary/aromatic N) is 3. The van der Waals surface area contributed by atoms with E-state index in [1.54, 1.807) is 30.3 Å². The third-order valence-corrected chi connectivity index (χ3v) is 7.46. The maximum atomic E-state index is 14.5. The quantitative estimate of drug-likeness (QED) is 0.118. The number of nitrogens with one attached hydrogen (secondary N) is 1. The fourth-order valence-corrected chi connectivity index (χ4v) is 5.09. The number of hydrogen-bond donors (Lipinski definition) is 3. The summed E-state index contributed by atoms with van der Waals surface area (Å²) < 4.78 is 34.2. The lowest BCUT2D eigenvalue weighted by Crippen LogP contribution is -2.34. The molecule has 0 bridgehead atoms. The van der Waals surface area contributed by atoms with E-state index in [1.165, 1.54) is 36.2 Å². The molecule has 0 aliphatic rings.